The van der Waals surface area contributed by atoms with Crippen LogP contribution in [0.3, 0.4) is 0 Å². The molecular formula is C12H23N5. The van der Waals surface area contributed by atoms with Crippen LogP contribution < -0.4 is 5.32 Å². The van der Waals surface area contributed by atoms with Crippen molar-refractivity contribution in [3.05, 3.63) is 11.6 Å². The van der Waals surface area contributed by atoms with Gasteiger partial charge in [-0.25, -0.2) is 0 Å². The van der Waals surface area contributed by atoms with Gasteiger partial charge in [-0.2, -0.15) is 0 Å². The molecule has 96 valence electrons. The molecule has 0 amide bonds. The maximum atomic E-state index is 4.15. The number of aromatic nitrogens is 3. The Hall–Kier alpha value is -0.940. The van der Waals surface area contributed by atoms with Gasteiger partial charge < -0.3 is 9.88 Å². The van der Waals surface area contributed by atoms with E-state index < -0.39 is 0 Å². The van der Waals surface area contributed by atoms with E-state index in [4.69, 9.17) is 0 Å². The Morgan fingerprint density at radius 3 is 2.59 bits per heavy atom. The van der Waals surface area contributed by atoms with Crippen molar-refractivity contribution in [2.75, 3.05) is 19.6 Å². The molecule has 1 N–H and O–H groups in total. The summed E-state index contributed by atoms with van der Waals surface area (Å²) in [5.74, 6) is 1.98. The first kappa shape index (κ1) is 12.5. The lowest BCUT2D eigenvalue weighted by Crippen LogP contribution is -2.38. The fourth-order valence-corrected chi connectivity index (χ4v) is 2.31. The van der Waals surface area contributed by atoms with Crippen molar-refractivity contribution in [3.63, 3.8) is 0 Å². The molecule has 0 saturated carbocycles. The first-order valence-electron chi connectivity index (χ1n) is 6.48. The van der Waals surface area contributed by atoms with Crippen molar-refractivity contribution >= 4 is 0 Å². The molecule has 0 spiro atoms. The van der Waals surface area contributed by atoms with Crippen molar-refractivity contribution in [3.8, 4) is 0 Å². The number of likely N-dealkylation sites (tertiary alicyclic amines) is 1. The number of nitrogens with one attached hydrogen (secondary N) is 1. The first-order valence-corrected chi connectivity index (χ1v) is 6.48. The molecule has 1 fully saturated rings. The maximum Gasteiger partial charge on any atom is 0.146 e. The van der Waals surface area contributed by atoms with Gasteiger partial charge in [0.05, 0.1) is 6.54 Å². The van der Waals surface area contributed by atoms with Crippen LogP contribution in [0.1, 0.15) is 31.4 Å². The zero-order valence-corrected chi connectivity index (χ0v) is 11.1. The van der Waals surface area contributed by atoms with Gasteiger partial charge in [-0.05, 0) is 39.8 Å². The van der Waals surface area contributed by atoms with E-state index in [1.165, 1.54) is 25.9 Å². The molecule has 5 nitrogen and oxygen atoms in total. The number of hydrogen-bond acceptors (Lipinski definition) is 4. The zero-order chi connectivity index (χ0) is 12.3. The molecule has 0 radical (unpaired) electrons. The van der Waals surface area contributed by atoms with Crippen LogP contribution in [-0.2, 0) is 13.6 Å². The summed E-state index contributed by atoms with van der Waals surface area (Å²) in [5, 5.41) is 11.7. The molecule has 0 aliphatic carbocycles. The van der Waals surface area contributed by atoms with Crippen LogP contribution in [0.25, 0.3) is 0 Å². The van der Waals surface area contributed by atoms with Crippen molar-refractivity contribution < 1.29 is 0 Å². The number of nitrogens with zero attached hydrogens (tertiary/aromatic N) is 4. The Morgan fingerprint density at radius 2 is 2.00 bits per heavy atom. The van der Waals surface area contributed by atoms with E-state index in [9.17, 15) is 0 Å². The smallest absolute Gasteiger partial charge is 0.146 e. The van der Waals surface area contributed by atoms with Crippen molar-refractivity contribution in [1.82, 2.24) is 25.0 Å². The number of rotatable bonds is 5. The molecule has 0 bridgehead atoms. The minimum atomic E-state index is 0.617. The minimum absolute atomic E-state index is 0.617. The average Bonchev–Trinajstić information content (AvgIpc) is 2.93. The van der Waals surface area contributed by atoms with E-state index in [0.29, 0.717) is 6.04 Å². The quantitative estimate of drug-likeness (QED) is 0.819. The van der Waals surface area contributed by atoms with Gasteiger partial charge in [0, 0.05) is 19.6 Å². The lowest BCUT2D eigenvalue weighted by atomic mass is 10.3. The van der Waals surface area contributed by atoms with E-state index in [-0.39, 0.29) is 0 Å². The van der Waals surface area contributed by atoms with Crippen LogP contribution >= 0.6 is 0 Å². The molecule has 1 aromatic heterocycles. The molecule has 1 aliphatic heterocycles. The highest BCUT2D eigenvalue weighted by atomic mass is 15.3. The average molecular weight is 237 g/mol. The minimum Gasteiger partial charge on any atom is -0.317 e. The van der Waals surface area contributed by atoms with Crippen LogP contribution in [0.2, 0.25) is 0 Å². The molecular weight excluding hydrogens is 214 g/mol. The Morgan fingerprint density at radius 1 is 1.29 bits per heavy atom. The molecule has 0 aromatic carbocycles. The predicted molar refractivity (Wildman–Crippen MR) is 67.7 cm³/mol. The third-order valence-corrected chi connectivity index (χ3v) is 3.67. The molecule has 1 saturated heterocycles. The summed E-state index contributed by atoms with van der Waals surface area (Å²) in [6, 6.07) is 0.617. The van der Waals surface area contributed by atoms with Gasteiger partial charge in [0.2, 0.25) is 0 Å². The molecule has 1 aromatic rings. The fraction of sp³-hybridized carbons (Fsp3) is 0.833. The second-order valence-electron chi connectivity index (χ2n) is 4.95. The summed E-state index contributed by atoms with van der Waals surface area (Å²) in [7, 11) is 2.01. The van der Waals surface area contributed by atoms with E-state index in [1.807, 2.05) is 18.5 Å². The summed E-state index contributed by atoms with van der Waals surface area (Å²) in [5.41, 5.74) is 0. The highest BCUT2D eigenvalue weighted by molar-refractivity contribution is 4.92. The summed E-state index contributed by atoms with van der Waals surface area (Å²) < 4.78 is 2.04. The monoisotopic (exact) mass is 237 g/mol. The molecule has 1 unspecified atom stereocenters. The van der Waals surface area contributed by atoms with Gasteiger partial charge in [0.15, 0.2) is 0 Å². The molecule has 17 heavy (non-hydrogen) atoms. The standard InChI is InChI=1S/C12H23N5/c1-10(17-6-4-5-7-17)8-13-9-12-15-14-11(2)16(12)3/h10,13H,4-9H2,1-3H3. The van der Waals surface area contributed by atoms with Crippen LogP contribution in [0.5, 0.6) is 0 Å². The summed E-state index contributed by atoms with van der Waals surface area (Å²) in [4.78, 5) is 2.55. The number of aryl methyl sites for hydroxylation is 1. The van der Waals surface area contributed by atoms with E-state index in [0.717, 1.165) is 24.7 Å². The van der Waals surface area contributed by atoms with Crippen LogP contribution in [0.4, 0.5) is 0 Å². The van der Waals surface area contributed by atoms with Crippen molar-refractivity contribution in [2.45, 2.75) is 39.3 Å². The topological polar surface area (TPSA) is 46.0 Å². The molecule has 2 heterocycles. The summed E-state index contributed by atoms with van der Waals surface area (Å²) >= 11 is 0. The van der Waals surface area contributed by atoms with E-state index >= 15 is 0 Å². The van der Waals surface area contributed by atoms with Gasteiger partial charge in [0.25, 0.3) is 0 Å². The largest absolute Gasteiger partial charge is 0.317 e. The highest BCUT2D eigenvalue weighted by Gasteiger charge is 2.17. The lowest BCUT2D eigenvalue weighted by molar-refractivity contribution is 0.251. The summed E-state index contributed by atoms with van der Waals surface area (Å²) in [6.07, 6.45) is 2.71. The van der Waals surface area contributed by atoms with E-state index in [2.05, 4.69) is 27.3 Å². The Balaban J connectivity index is 1.73. The fourth-order valence-electron chi connectivity index (χ4n) is 2.31. The van der Waals surface area contributed by atoms with Gasteiger partial charge in [-0.3, -0.25) is 4.90 Å². The third-order valence-electron chi connectivity index (χ3n) is 3.67. The van der Waals surface area contributed by atoms with E-state index in [1.54, 1.807) is 0 Å². The van der Waals surface area contributed by atoms with Crippen molar-refractivity contribution in [1.29, 1.82) is 0 Å². The Bertz CT molecular complexity index is 354. The van der Waals surface area contributed by atoms with Crippen molar-refractivity contribution in [2.24, 2.45) is 7.05 Å². The predicted octanol–water partition coefficient (Wildman–Crippen LogP) is 0.697. The van der Waals surface area contributed by atoms with Crippen LogP contribution in [0, 0.1) is 6.92 Å². The summed E-state index contributed by atoms with van der Waals surface area (Å²) in [6.45, 7) is 8.60. The Labute approximate surface area is 103 Å². The van der Waals surface area contributed by atoms with Gasteiger partial charge in [-0.15, -0.1) is 10.2 Å². The Kier molecular flexibility index (Phi) is 4.12. The highest BCUT2D eigenvalue weighted by Crippen LogP contribution is 2.10. The molecule has 1 atom stereocenters. The van der Waals surface area contributed by atoms with Crippen LogP contribution in [-0.4, -0.2) is 45.3 Å². The SMILES string of the molecule is Cc1nnc(CNCC(C)N2CCCC2)n1C. The second-order valence-corrected chi connectivity index (χ2v) is 4.95. The zero-order valence-electron chi connectivity index (χ0n) is 11.1. The second kappa shape index (κ2) is 5.60. The van der Waals surface area contributed by atoms with Gasteiger partial charge in [-0.1, -0.05) is 0 Å². The molecule has 1 aliphatic rings. The maximum absolute atomic E-state index is 4.15. The molecule has 2 rings (SSSR count). The molecule has 5 heteroatoms. The third kappa shape index (κ3) is 3.04. The van der Waals surface area contributed by atoms with Gasteiger partial charge in [0.1, 0.15) is 11.6 Å². The normalized spacial score (nSPS) is 18.8. The first-order chi connectivity index (χ1) is 8.18. The van der Waals surface area contributed by atoms with Crippen LogP contribution in [0.15, 0.2) is 0 Å². The number of hydrogen-bond donors (Lipinski definition) is 1. The lowest BCUT2D eigenvalue weighted by Gasteiger charge is -2.23. The van der Waals surface area contributed by atoms with Gasteiger partial charge >= 0.3 is 0 Å².